The van der Waals surface area contributed by atoms with Crippen LogP contribution in [0.15, 0.2) is 11.6 Å². The Balaban J connectivity index is 1.54. The summed E-state index contributed by atoms with van der Waals surface area (Å²) in [7, 11) is 0. The summed E-state index contributed by atoms with van der Waals surface area (Å²) < 4.78 is 52.4. The molecule has 47 heavy (non-hydrogen) atoms. The third kappa shape index (κ3) is 5.83. The van der Waals surface area contributed by atoms with Crippen molar-refractivity contribution in [3.8, 4) is 0 Å². The second-order valence-corrected chi connectivity index (χ2v) is 12.9. The van der Waals surface area contributed by atoms with Gasteiger partial charge in [-0.05, 0) is 25.0 Å². The molecular weight excluding hydrogens is 628 g/mol. The van der Waals surface area contributed by atoms with Gasteiger partial charge < -0.3 is 47.7 Å². The first-order chi connectivity index (χ1) is 22.0. The fourth-order valence-corrected chi connectivity index (χ4v) is 7.77. The minimum atomic E-state index is -1.62. The summed E-state index contributed by atoms with van der Waals surface area (Å²) in [6.45, 7) is 8.45. The SMILES string of the molecule is CC(=O)OCC1OC(OC2CC3(C)C4(CO4)C2OC2C=C(C)C(=O)C(O)C23COC(C)=O)C(OC(C)=O)C(OC(C)=O)C1OC(C)=O. The Morgan fingerprint density at radius 1 is 0.872 bits per heavy atom. The van der Waals surface area contributed by atoms with Crippen molar-refractivity contribution in [2.24, 2.45) is 10.8 Å². The third-order valence-corrected chi connectivity index (χ3v) is 9.92. The van der Waals surface area contributed by atoms with E-state index in [0.717, 1.165) is 27.7 Å². The van der Waals surface area contributed by atoms with E-state index in [2.05, 4.69) is 0 Å². The average Bonchev–Trinajstić information content (AvgIpc) is 3.74. The number of hydrogen-bond donors (Lipinski definition) is 1. The summed E-state index contributed by atoms with van der Waals surface area (Å²) in [4.78, 5) is 73.7. The summed E-state index contributed by atoms with van der Waals surface area (Å²) in [5.41, 5.74) is -3.36. The van der Waals surface area contributed by atoms with Crippen LogP contribution >= 0.6 is 0 Å². The molecule has 0 aromatic rings. The van der Waals surface area contributed by atoms with Gasteiger partial charge >= 0.3 is 29.8 Å². The van der Waals surface area contributed by atoms with Crippen LogP contribution in [0.5, 0.6) is 0 Å². The highest BCUT2D eigenvalue weighted by atomic mass is 16.7. The summed E-state index contributed by atoms with van der Waals surface area (Å²) in [5, 5.41) is 11.6. The summed E-state index contributed by atoms with van der Waals surface area (Å²) >= 11 is 0. The molecule has 3 aliphatic heterocycles. The highest BCUT2D eigenvalue weighted by Crippen LogP contribution is 2.71. The first kappa shape index (κ1) is 34.9. The van der Waals surface area contributed by atoms with E-state index < -0.39 is 114 Å². The molecule has 5 rings (SSSR count). The third-order valence-electron chi connectivity index (χ3n) is 9.92. The molecule has 3 heterocycles. The van der Waals surface area contributed by atoms with Gasteiger partial charge in [-0.3, -0.25) is 28.8 Å². The van der Waals surface area contributed by atoms with Crippen molar-refractivity contribution in [1.29, 1.82) is 0 Å². The number of ether oxygens (including phenoxy) is 9. The van der Waals surface area contributed by atoms with Gasteiger partial charge in [0.25, 0.3) is 0 Å². The van der Waals surface area contributed by atoms with Crippen molar-refractivity contribution in [2.75, 3.05) is 19.8 Å². The number of Topliss-reactive ketones (excluding diaryl/α,β-unsaturated/α-hetero) is 1. The number of carbonyl (C=O) groups excluding carboxylic acids is 6. The van der Waals surface area contributed by atoms with E-state index in [1.54, 1.807) is 13.0 Å². The second kappa shape index (κ2) is 12.5. The standard InChI is InChI=1S/C31H40O16/c1-13-8-21-30(11-40-15(3)33,26(38)22(13)37)29(7)9-19(27(47-21)31(29)12-41-31)45-28-25(44-18(6)36)24(43-17(5)35)23(42-16(4)34)20(46-28)10-39-14(2)32/h8,19-21,23-28,38H,9-12H2,1-7H3. The van der Waals surface area contributed by atoms with Crippen molar-refractivity contribution in [1.82, 2.24) is 0 Å². The Bertz CT molecular complexity index is 1370. The maximum atomic E-state index is 13.2. The number of esters is 5. The molecular formula is C31H40O16. The summed E-state index contributed by atoms with van der Waals surface area (Å²) in [6.07, 6.45) is -9.63. The highest BCUT2D eigenvalue weighted by molar-refractivity contribution is 6.00. The number of rotatable bonds is 9. The zero-order valence-corrected chi connectivity index (χ0v) is 27.2. The Kier molecular flexibility index (Phi) is 9.31. The molecule has 16 nitrogen and oxygen atoms in total. The fraction of sp³-hybridized carbons (Fsp3) is 0.742. The lowest BCUT2D eigenvalue weighted by molar-refractivity contribution is -0.323. The molecule has 12 atom stereocenters. The molecule has 2 bridgehead atoms. The Morgan fingerprint density at radius 2 is 1.45 bits per heavy atom. The topological polar surface area (TPSA) is 209 Å². The molecule has 260 valence electrons. The van der Waals surface area contributed by atoms with E-state index >= 15 is 0 Å². The zero-order chi connectivity index (χ0) is 34.6. The second-order valence-electron chi connectivity index (χ2n) is 12.9. The lowest BCUT2D eigenvalue weighted by atomic mass is 9.50. The van der Waals surface area contributed by atoms with Gasteiger partial charge in [-0.25, -0.2) is 0 Å². The van der Waals surface area contributed by atoms with E-state index in [9.17, 15) is 33.9 Å². The van der Waals surface area contributed by atoms with Gasteiger partial charge in [0.1, 0.15) is 37.1 Å². The van der Waals surface area contributed by atoms with E-state index in [1.165, 1.54) is 6.92 Å². The van der Waals surface area contributed by atoms with Crippen LogP contribution < -0.4 is 0 Å². The van der Waals surface area contributed by atoms with Crippen molar-refractivity contribution in [3.63, 3.8) is 0 Å². The predicted molar refractivity (Wildman–Crippen MR) is 151 cm³/mol. The van der Waals surface area contributed by atoms with Crippen molar-refractivity contribution in [2.45, 2.75) is 116 Å². The van der Waals surface area contributed by atoms with Crippen LogP contribution in [-0.2, 0) is 71.4 Å². The first-order valence-corrected chi connectivity index (χ1v) is 15.3. The molecule has 2 aliphatic carbocycles. The van der Waals surface area contributed by atoms with Gasteiger partial charge in [-0.1, -0.05) is 6.92 Å². The quantitative estimate of drug-likeness (QED) is 0.192. The van der Waals surface area contributed by atoms with Gasteiger partial charge in [0.2, 0.25) is 0 Å². The Labute approximate surface area is 270 Å². The largest absolute Gasteiger partial charge is 0.465 e. The van der Waals surface area contributed by atoms with E-state index in [0.29, 0.717) is 0 Å². The van der Waals surface area contributed by atoms with Gasteiger partial charge in [0.05, 0.1) is 24.2 Å². The molecule has 3 saturated heterocycles. The van der Waals surface area contributed by atoms with Gasteiger partial charge in [-0.2, -0.15) is 0 Å². The number of hydrogen-bond acceptors (Lipinski definition) is 16. The van der Waals surface area contributed by atoms with Crippen molar-refractivity contribution in [3.05, 3.63) is 11.6 Å². The van der Waals surface area contributed by atoms with Crippen molar-refractivity contribution >= 4 is 35.6 Å². The Hall–Kier alpha value is -3.44. The molecule has 5 aliphatic rings. The average molecular weight is 669 g/mol. The number of aliphatic hydroxyl groups is 1. The van der Waals surface area contributed by atoms with Crippen LogP contribution in [-0.4, -0.2) is 121 Å². The maximum Gasteiger partial charge on any atom is 0.303 e. The van der Waals surface area contributed by atoms with Gasteiger partial charge in [0.15, 0.2) is 30.4 Å². The monoisotopic (exact) mass is 668 g/mol. The van der Waals surface area contributed by atoms with Crippen LogP contribution in [0.2, 0.25) is 0 Å². The summed E-state index contributed by atoms with van der Waals surface area (Å²) in [6, 6.07) is 0. The fourth-order valence-electron chi connectivity index (χ4n) is 7.77. The smallest absolute Gasteiger partial charge is 0.303 e. The number of carbonyl (C=O) groups is 6. The van der Waals surface area contributed by atoms with Gasteiger partial charge in [0, 0.05) is 40.0 Å². The first-order valence-electron chi connectivity index (χ1n) is 15.3. The lowest BCUT2D eigenvalue weighted by Crippen LogP contribution is -2.70. The number of ketones is 1. The van der Waals surface area contributed by atoms with Crippen LogP contribution in [0.1, 0.15) is 54.9 Å². The lowest BCUT2D eigenvalue weighted by Gasteiger charge is -2.58. The minimum Gasteiger partial charge on any atom is -0.465 e. The maximum absolute atomic E-state index is 13.2. The minimum absolute atomic E-state index is 0.0829. The van der Waals surface area contributed by atoms with Crippen LogP contribution in [0.3, 0.4) is 0 Å². The van der Waals surface area contributed by atoms with Crippen molar-refractivity contribution < 1.29 is 76.5 Å². The van der Waals surface area contributed by atoms with E-state index in [1.807, 2.05) is 6.92 Å². The Morgan fingerprint density at radius 3 is 2.00 bits per heavy atom. The number of fused-ring (bicyclic) bond motifs is 2. The van der Waals surface area contributed by atoms with Gasteiger partial charge in [-0.15, -0.1) is 0 Å². The van der Waals surface area contributed by atoms with Crippen LogP contribution in [0.25, 0.3) is 0 Å². The van der Waals surface area contributed by atoms with E-state index in [-0.39, 0.29) is 25.2 Å². The number of epoxide rings is 1. The van der Waals surface area contributed by atoms with E-state index in [4.69, 9.17) is 42.6 Å². The van der Waals surface area contributed by atoms with Crippen LogP contribution in [0.4, 0.5) is 0 Å². The molecule has 0 radical (unpaired) electrons. The summed E-state index contributed by atoms with van der Waals surface area (Å²) in [5.74, 6) is -4.21. The predicted octanol–water partition coefficient (Wildman–Crippen LogP) is -0.159. The molecule has 16 heteroatoms. The molecule has 1 spiro atoms. The molecule has 0 amide bonds. The molecule has 1 saturated carbocycles. The zero-order valence-electron chi connectivity index (χ0n) is 27.2. The molecule has 4 fully saturated rings. The molecule has 12 unspecified atom stereocenters. The van der Waals surface area contributed by atoms with Crippen LogP contribution in [0, 0.1) is 10.8 Å². The molecule has 1 N–H and O–H groups in total. The molecule has 0 aromatic heterocycles. The normalized spacial score (nSPS) is 41.7. The molecule has 0 aromatic carbocycles. The number of aliphatic hydroxyl groups excluding tert-OH is 1. The highest BCUT2D eigenvalue weighted by Gasteiger charge is 2.84.